The molecule has 1 fully saturated rings. The van der Waals surface area contributed by atoms with Gasteiger partial charge in [-0.3, -0.25) is 5.43 Å². The third-order valence-electron chi connectivity index (χ3n) is 3.39. The number of amidine groups is 1. The second-order valence-electron chi connectivity index (χ2n) is 5.55. The zero-order chi connectivity index (χ0) is 17.7. The Morgan fingerprint density at radius 2 is 2.04 bits per heavy atom. The van der Waals surface area contributed by atoms with Gasteiger partial charge in [-0.2, -0.15) is 0 Å². The number of hydrogen-bond donors (Lipinski definition) is 1. The number of carbonyl (C=O) groups is 1. The maximum atomic E-state index is 12.3. The quantitative estimate of drug-likeness (QED) is 0.380. The standard InChI is InChI=1S/C16H21Cl2N3O3/c1-4-23-16(22)15(21-8-10(2)24-11(3)9-21)20-19-14-7-12(17)5-6-13(14)18/h5-7,10-11,19H,4,8-9H2,1-3H3/b20-15-. The molecule has 0 spiro atoms. The second-order valence-corrected chi connectivity index (χ2v) is 6.40. The van der Waals surface area contributed by atoms with Crippen molar-refractivity contribution in [3.8, 4) is 0 Å². The molecule has 24 heavy (non-hydrogen) atoms. The maximum absolute atomic E-state index is 12.3. The van der Waals surface area contributed by atoms with Crippen molar-refractivity contribution in [1.82, 2.24) is 4.90 Å². The minimum Gasteiger partial charge on any atom is -0.460 e. The number of rotatable bonds is 3. The second kappa shape index (κ2) is 8.55. The minimum atomic E-state index is -0.496. The Morgan fingerprint density at radius 1 is 1.38 bits per heavy atom. The SMILES string of the molecule is CCOC(=O)/C(=N/Nc1cc(Cl)ccc1Cl)N1CC(C)OC(C)C1. The molecule has 0 radical (unpaired) electrons. The Labute approximate surface area is 151 Å². The van der Waals surface area contributed by atoms with Gasteiger partial charge in [-0.25, -0.2) is 4.79 Å². The van der Waals surface area contributed by atoms with E-state index < -0.39 is 5.97 Å². The lowest BCUT2D eigenvalue weighted by molar-refractivity contribution is -0.136. The van der Waals surface area contributed by atoms with Crippen LogP contribution < -0.4 is 5.43 Å². The molecule has 1 aliphatic rings. The molecule has 2 rings (SSSR count). The van der Waals surface area contributed by atoms with Crippen LogP contribution in [0, 0.1) is 0 Å². The summed E-state index contributed by atoms with van der Waals surface area (Å²) >= 11 is 12.1. The molecule has 8 heteroatoms. The summed E-state index contributed by atoms with van der Waals surface area (Å²) in [4.78, 5) is 14.1. The zero-order valence-corrected chi connectivity index (χ0v) is 15.4. The van der Waals surface area contributed by atoms with Gasteiger partial charge in [0.15, 0.2) is 0 Å². The van der Waals surface area contributed by atoms with Crippen molar-refractivity contribution in [2.75, 3.05) is 25.1 Å². The van der Waals surface area contributed by atoms with E-state index in [4.69, 9.17) is 32.7 Å². The molecule has 0 saturated carbocycles. The lowest BCUT2D eigenvalue weighted by atomic mass is 10.2. The van der Waals surface area contributed by atoms with Crippen molar-refractivity contribution in [3.63, 3.8) is 0 Å². The highest BCUT2D eigenvalue weighted by Crippen LogP contribution is 2.25. The molecule has 6 nitrogen and oxygen atoms in total. The van der Waals surface area contributed by atoms with Crippen LogP contribution in [0.1, 0.15) is 20.8 Å². The number of esters is 1. The van der Waals surface area contributed by atoms with E-state index in [1.807, 2.05) is 18.7 Å². The maximum Gasteiger partial charge on any atom is 0.375 e. The van der Waals surface area contributed by atoms with Gasteiger partial charge in [-0.05, 0) is 39.0 Å². The van der Waals surface area contributed by atoms with E-state index in [9.17, 15) is 4.79 Å². The normalized spacial score (nSPS) is 21.5. The van der Waals surface area contributed by atoms with Crippen molar-refractivity contribution in [3.05, 3.63) is 28.2 Å². The average Bonchev–Trinajstić information content (AvgIpc) is 2.50. The van der Waals surface area contributed by atoms with E-state index in [0.717, 1.165) is 0 Å². The predicted octanol–water partition coefficient (Wildman–Crippen LogP) is 3.39. The highest BCUT2D eigenvalue weighted by atomic mass is 35.5. The van der Waals surface area contributed by atoms with Crippen molar-refractivity contribution < 1.29 is 14.3 Å². The average molecular weight is 374 g/mol. The van der Waals surface area contributed by atoms with Crippen LogP contribution in [-0.2, 0) is 14.3 Å². The van der Waals surface area contributed by atoms with Crippen molar-refractivity contribution in [2.45, 2.75) is 33.0 Å². The van der Waals surface area contributed by atoms with E-state index in [0.29, 0.717) is 28.8 Å². The van der Waals surface area contributed by atoms with Crippen LogP contribution in [0.25, 0.3) is 0 Å². The number of hydrogen-bond acceptors (Lipinski definition) is 5. The van der Waals surface area contributed by atoms with Gasteiger partial charge in [0.2, 0.25) is 5.84 Å². The van der Waals surface area contributed by atoms with Crippen molar-refractivity contribution in [1.29, 1.82) is 0 Å². The molecule has 1 aliphatic heterocycles. The lowest BCUT2D eigenvalue weighted by Crippen LogP contribution is -2.51. The van der Waals surface area contributed by atoms with Crippen molar-refractivity contribution >= 4 is 40.7 Å². The van der Waals surface area contributed by atoms with Gasteiger partial charge in [0.25, 0.3) is 0 Å². The third-order valence-corrected chi connectivity index (χ3v) is 3.95. The predicted molar refractivity (Wildman–Crippen MR) is 95.7 cm³/mol. The molecule has 1 N–H and O–H groups in total. The number of morpholine rings is 1. The van der Waals surface area contributed by atoms with E-state index in [1.54, 1.807) is 25.1 Å². The molecule has 1 aromatic carbocycles. The van der Waals surface area contributed by atoms with E-state index in [-0.39, 0.29) is 24.7 Å². The molecule has 0 bridgehead atoms. The van der Waals surface area contributed by atoms with Gasteiger partial charge in [0.1, 0.15) is 0 Å². The molecule has 1 saturated heterocycles. The van der Waals surface area contributed by atoms with Gasteiger partial charge in [0, 0.05) is 18.1 Å². The first-order chi connectivity index (χ1) is 11.4. The molecular weight excluding hydrogens is 353 g/mol. The Kier molecular flexibility index (Phi) is 6.71. The van der Waals surface area contributed by atoms with Crippen LogP contribution in [-0.4, -0.2) is 48.6 Å². The first kappa shape index (κ1) is 18.8. The summed E-state index contributed by atoms with van der Waals surface area (Å²) in [6.07, 6.45) is -0.0220. The molecule has 0 aromatic heterocycles. The summed E-state index contributed by atoms with van der Waals surface area (Å²) in [5, 5.41) is 5.20. The van der Waals surface area contributed by atoms with E-state index >= 15 is 0 Å². The number of nitrogens with zero attached hydrogens (tertiary/aromatic N) is 2. The number of hydrazone groups is 1. The van der Waals surface area contributed by atoms with Gasteiger partial charge in [-0.15, -0.1) is 5.10 Å². The third kappa shape index (κ3) is 5.00. The van der Waals surface area contributed by atoms with Crippen LogP contribution >= 0.6 is 23.2 Å². The fourth-order valence-corrected chi connectivity index (χ4v) is 2.82. The van der Waals surface area contributed by atoms with Crippen molar-refractivity contribution in [2.24, 2.45) is 5.10 Å². The fraction of sp³-hybridized carbons (Fsp3) is 0.500. The van der Waals surface area contributed by atoms with Gasteiger partial charge >= 0.3 is 5.97 Å². The van der Waals surface area contributed by atoms with Crippen LogP contribution in [0.15, 0.2) is 23.3 Å². The minimum absolute atomic E-state index is 0.0110. The number of halogens is 2. The Morgan fingerprint density at radius 3 is 2.67 bits per heavy atom. The van der Waals surface area contributed by atoms with Gasteiger partial charge in [0.05, 0.1) is 29.5 Å². The Hall–Kier alpha value is -1.50. The van der Waals surface area contributed by atoms with Crippen LogP contribution in [0.2, 0.25) is 10.0 Å². The number of nitrogens with one attached hydrogen (secondary N) is 1. The van der Waals surface area contributed by atoms with Gasteiger partial charge < -0.3 is 14.4 Å². The molecule has 132 valence electrons. The molecule has 0 amide bonds. The fourth-order valence-electron chi connectivity index (χ4n) is 2.49. The van der Waals surface area contributed by atoms with Gasteiger partial charge in [-0.1, -0.05) is 23.2 Å². The summed E-state index contributed by atoms with van der Waals surface area (Å²) in [7, 11) is 0. The first-order valence-corrected chi connectivity index (χ1v) is 8.52. The van der Waals surface area contributed by atoms with E-state index in [1.165, 1.54) is 0 Å². The summed E-state index contributed by atoms with van der Waals surface area (Å²) in [5.41, 5.74) is 3.32. The summed E-state index contributed by atoms with van der Waals surface area (Å²) in [6.45, 7) is 7.02. The Bertz CT molecular complexity index is 615. The smallest absolute Gasteiger partial charge is 0.375 e. The number of benzene rings is 1. The summed E-state index contributed by atoms with van der Waals surface area (Å²) in [6, 6.07) is 4.97. The topological polar surface area (TPSA) is 63.2 Å². The number of carbonyl (C=O) groups excluding carboxylic acids is 1. The van der Waals surface area contributed by atoms with Crippen LogP contribution in [0.4, 0.5) is 5.69 Å². The number of ether oxygens (including phenoxy) is 2. The molecule has 0 aliphatic carbocycles. The molecule has 2 atom stereocenters. The Balaban J connectivity index is 2.24. The summed E-state index contributed by atoms with van der Waals surface area (Å²) in [5.74, 6) is -0.306. The van der Waals surface area contributed by atoms with Crippen LogP contribution in [0.3, 0.4) is 0 Å². The molecule has 1 heterocycles. The largest absolute Gasteiger partial charge is 0.460 e. The first-order valence-electron chi connectivity index (χ1n) is 7.77. The molecule has 1 aromatic rings. The van der Waals surface area contributed by atoms with E-state index in [2.05, 4.69) is 10.5 Å². The summed E-state index contributed by atoms with van der Waals surface area (Å²) < 4.78 is 10.8. The molecule has 2 unspecified atom stereocenters. The monoisotopic (exact) mass is 373 g/mol. The highest BCUT2D eigenvalue weighted by molar-refractivity contribution is 6.36. The lowest BCUT2D eigenvalue weighted by Gasteiger charge is -2.36. The highest BCUT2D eigenvalue weighted by Gasteiger charge is 2.29. The molecular formula is C16H21Cl2N3O3. The van der Waals surface area contributed by atoms with Crippen LogP contribution in [0.5, 0.6) is 0 Å². The zero-order valence-electron chi connectivity index (χ0n) is 13.9. The number of anilines is 1.